The Morgan fingerprint density at radius 2 is 1.85 bits per heavy atom. The van der Waals surface area contributed by atoms with E-state index in [0.717, 1.165) is 16.1 Å². The van der Waals surface area contributed by atoms with E-state index < -0.39 is 16.0 Å². The van der Waals surface area contributed by atoms with Crippen molar-refractivity contribution in [3.63, 3.8) is 0 Å². The number of nitrogens with zero attached hydrogens (tertiary/aromatic N) is 2. The smallest absolute Gasteiger partial charge is 0.316 e. The number of thioether (sulfide) groups is 1. The van der Waals surface area contributed by atoms with Crippen molar-refractivity contribution in [2.24, 2.45) is 0 Å². The number of sulfonamides is 1. The topological polar surface area (TPSA) is 99.8 Å². The van der Waals surface area contributed by atoms with Gasteiger partial charge >= 0.3 is 5.97 Å². The lowest BCUT2D eigenvalue weighted by atomic mass is 10.3. The lowest BCUT2D eigenvalue weighted by Gasteiger charge is -2.12. The van der Waals surface area contributed by atoms with Gasteiger partial charge in [-0.05, 0) is 42.1 Å². The van der Waals surface area contributed by atoms with Crippen molar-refractivity contribution in [2.75, 3.05) is 33.1 Å². The lowest BCUT2D eigenvalue weighted by molar-refractivity contribution is -0.645. The molecule has 0 aliphatic heterocycles. The number of carbonyl (C=O) groups excluding carboxylic acids is 1. The number of rotatable bonds is 9. The largest absolute Gasteiger partial charge is 0.618 e. The molecule has 0 saturated carbocycles. The second kappa shape index (κ2) is 9.58. The summed E-state index contributed by atoms with van der Waals surface area (Å²) in [5.41, 5.74) is 0. The Morgan fingerprint density at radius 3 is 2.48 bits per heavy atom. The minimum Gasteiger partial charge on any atom is -0.618 e. The first kappa shape index (κ1) is 21.0. The molecule has 0 atom stereocenters. The van der Waals surface area contributed by atoms with Gasteiger partial charge in [-0.25, -0.2) is 12.7 Å². The minimum absolute atomic E-state index is 0.0172. The quantitative estimate of drug-likeness (QED) is 0.201. The third kappa shape index (κ3) is 6.12. The van der Waals surface area contributed by atoms with Gasteiger partial charge in [-0.3, -0.25) is 4.79 Å². The van der Waals surface area contributed by atoms with Crippen LogP contribution in [0.1, 0.15) is 0 Å². The van der Waals surface area contributed by atoms with E-state index in [0.29, 0.717) is 15.5 Å². The van der Waals surface area contributed by atoms with Crippen LogP contribution >= 0.6 is 11.8 Å². The summed E-state index contributed by atoms with van der Waals surface area (Å²) in [5.74, 6) is 0.0262. The van der Waals surface area contributed by atoms with Crippen molar-refractivity contribution in [1.82, 2.24) is 4.31 Å². The Bertz CT molecular complexity index is 869. The van der Waals surface area contributed by atoms with E-state index in [1.165, 1.54) is 44.6 Å². The number of ether oxygens (including phenoxy) is 2. The third-order valence-electron chi connectivity index (χ3n) is 3.34. The van der Waals surface area contributed by atoms with E-state index in [1.54, 1.807) is 18.2 Å². The summed E-state index contributed by atoms with van der Waals surface area (Å²) in [6.07, 6.45) is 1.36. The first-order chi connectivity index (χ1) is 12.8. The summed E-state index contributed by atoms with van der Waals surface area (Å²) < 4.78 is 36.2. The number of pyridine rings is 1. The summed E-state index contributed by atoms with van der Waals surface area (Å²) in [6, 6.07) is 10.9. The second-order valence-corrected chi connectivity index (χ2v) is 8.63. The van der Waals surface area contributed by atoms with Crippen LogP contribution < -0.4 is 9.47 Å². The molecule has 0 saturated heterocycles. The maximum atomic E-state index is 12.0. The molecule has 27 heavy (non-hydrogen) atoms. The van der Waals surface area contributed by atoms with Crippen LogP contribution in [-0.2, 0) is 19.6 Å². The molecule has 8 nitrogen and oxygen atoms in total. The third-order valence-corrected chi connectivity index (χ3v) is 6.17. The number of esters is 1. The lowest BCUT2D eigenvalue weighted by Crippen LogP contribution is -2.28. The molecule has 0 unspecified atom stereocenters. The highest BCUT2D eigenvalue weighted by molar-refractivity contribution is 7.99. The van der Waals surface area contributed by atoms with Crippen LogP contribution in [0.4, 0.5) is 0 Å². The molecule has 0 aliphatic rings. The van der Waals surface area contributed by atoms with Gasteiger partial charge in [-0.15, -0.1) is 0 Å². The zero-order chi connectivity index (χ0) is 19.9. The molecule has 2 aromatic rings. The van der Waals surface area contributed by atoms with Crippen molar-refractivity contribution in [2.45, 2.75) is 9.92 Å². The summed E-state index contributed by atoms with van der Waals surface area (Å²) in [7, 11) is -0.562. The van der Waals surface area contributed by atoms with E-state index in [2.05, 4.69) is 0 Å². The normalized spacial score (nSPS) is 11.4. The molecular weight excluding hydrogens is 392 g/mol. The Hall–Kier alpha value is -2.30. The van der Waals surface area contributed by atoms with Crippen LogP contribution in [0, 0.1) is 5.21 Å². The summed E-state index contributed by atoms with van der Waals surface area (Å²) in [4.78, 5) is 11.8. The van der Waals surface area contributed by atoms with E-state index in [9.17, 15) is 18.4 Å². The van der Waals surface area contributed by atoms with Gasteiger partial charge in [0.2, 0.25) is 10.0 Å². The predicted octanol–water partition coefficient (Wildman–Crippen LogP) is 1.28. The van der Waals surface area contributed by atoms with E-state index >= 15 is 0 Å². The van der Waals surface area contributed by atoms with Gasteiger partial charge in [0, 0.05) is 26.2 Å². The van der Waals surface area contributed by atoms with Crippen molar-refractivity contribution < 1.29 is 27.4 Å². The van der Waals surface area contributed by atoms with Crippen LogP contribution in [0.5, 0.6) is 5.75 Å². The fourth-order valence-electron chi connectivity index (χ4n) is 1.93. The van der Waals surface area contributed by atoms with E-state index in [4.69, 9.17) is 9.47 Å². The standard InChI is InChI=1S/C17H20N2O6S2/c1-18(2)27(22,23)15-8-6-14(7-9-15)24-11-12-25-17(20)13-26-16-5-3-4-10-19(16)21/h3-10H,11-13H2,1-2H3. The first-order valence-electron chi connectivity index (χ1n) is 7.92. The molecule has 0 amide bonds. The van der Waals surface area contributed by atoms with E-state index in [1.807, 2.05) is 0 Å². The molecule has 0 radical (unpaired) electrons. The Balaban J connectivity index is 1.72. The number of hydrogen-bond donors (Lipinski definition) is 0. The van der Waals surface area contributed by atoms with Crippen molar-refractivity contribution in [1.29, 1.82) is 0 Å². The predicted molar refractivity (Wildman–Crippen MR) is 99.9 cm³/mol. The number of hydrogen-bond acceptors (Lipinski definition) is 7. The number of benzene rings is 1. The minimum atomic E-state index is -3.48. The van der Waals surface area contributed by atoms with Gasteiger partial charge in [0.1, 0.15) is 24.7 Å². The molecule has 0 N–H and O–H groups in total. The van der Waals surface area contributed by atoms with Crippen LogP contribution in [-0.4, -0.2) is 51.8 Å². The van der Waals surface area contributed by atoms with Crippen LogP contribution in [0.3, 0.4) is 0 Å². The molecule has 0 fully saturated rings. The highest BCUT2D eigenvalue weighted by atomic mass is 32.2. The van der Waals surface area contributed by atoms with Gasteiger partial charge in [0.15, 0.2) is 6.20 Å². The van der Waals surface area contributed by atoms with Crippen molar-refractivity contribution in [3.8, 4) is 5.75 Å². The number of carbonyl (C=O) groups is 1. The molecule has 1 aromatic carbocycles. The van der Waals surface area contributed by atoms with Crippen LogP contribution in [0.2, 0.25) is 0 Å². The molecule has 0 bridgehead atoms. The van der Waals surface area contributed by atoms with Gasteiger partial charge in [0.05, 0.1) is 4.90 Å². The Kier molecular flexibility index (Phi) is 7.45. The number of aromatic nitrogens is 1. The highest BCUT2D eigenvalue weighted by Gasteiger charge is 2.16. The molecular formula is C17H20N2O6S2. The summed E-state index contributed by atoms with van der Waals surface area (Å²) in [6.45, 7) is 0.173. The highest BCUT2D eigenvalue weighted by Crippen LogP contribution is 2.18. The fraction of sp³-hybridized carbons (Fsp3) is 0.294. The molecule has 1 heterocycles. The zero-order valence-electron chi connectivity index (χ0n) is 14.9. The molecule has 146 valence electrons. The van der Waals surface area contributed by atoms with E-state index in [-0.39, 0.29) is 23.9 Å². The average molecular weight is 412 g/mol. The van der Waals surface area contributed by atoms with Gasteiger partial charge < -0.3 is 14.7 Å². The molecule has 0 aliphatic carbocycles. The van der Waals surface area contributed by atoms with Gasteiger partial charge in [-0.1, -0.05) is 0 Å². The van der Waals surface area contributed by atoms with Crippen LogP contribution in [0.15, 0.2) is 58.6 Å². The zero-order valence-corrected chi connectivity index (χ0v) is 16.5. The monoisotopic (exact) mass is 412 g/mol. The molecule has 0 spiro atoms. The summed E-state index contributed by atoms with van der Waals surface area (Å²) >= 11 is 1.09. The van der Waals surface area contributed by atoms with Crippen molar-refractivity contribution >= 4 is 27.8 Å². The van der Waals surface area contributed by atoms with Gasteiger partial charge in [-0.2, -0.15) is 4.73 Å². The molecule has 2 rings (SSSR count). The average Bonchev–Trinajstić information content (AvgIpc) is 2.65. The van der Waals surface area contributed by atoms with Gasteiger partial charge in [0.25, 0.3) is 5.03 Å². The SMILES string of the molecule is CN(C)S(=O)(=O)c1ccc(OCCOC(=O)CSc2cccc[n+]2[O-])cc1. The first-order valence-corrected chi connectivity index (χ1v) is 10.4. The van der Waals surface area contributed by atoms with Crippen LogP contribution in [0.25, 0.3) is 0 Å². The second-order valence-electron chi connectivity index (χ2n) is 5.48. The Morgan fingerprint density at radius 1 is 1.15 bits per heavy atom. The Labute approximate surface area is 162 Å². The maximum absolute atomic E-state index is 12.0. The fourth-order valence-corrected chi connectivity index (χ4v) is 3.55. The molecule has 10 heteroatoms. The summed E-state index contributed by atoms with van der Waals surface area (Å²) in [5, 5.41) is 11.9. The van der Waals surface area contributed by atoms with Crippen molar-refractivity contribution in [3.05, 3.63) is 53.9 Å². The maximum Gasteiger partial charge on any atom is 0.316 e. The molecule has 1 aromatic heterocycles.